The van der Waals surface area contributed by atoms with Gasteiger partial charge in [0, 0.05) is 33.4 Å². The van der Waals surface area contributed by atoms with Crippen LogP contribution in [0.3, 0.4) is 0 Å². The lowest BCUT2D eigenvalue weighted by molar-refractivity contribution is -0.139. The number of aromatic nitrogens is 1. The van der Waals surface area contributed by atoms with Crippen molar-refractivity contribution >= 4 is 12.0 Å². The molecule has 0 aromatic carbocycles. The molecule has 1 atom stereocenters. The van der Waals surface area contributed by atoms with E-state index in [4.69, 9.17) is 9.84 Å². The molecule has 1 heterocycles. The Morgan fingerprint density at radius 3 is 2.80 bits per heavy atom. The third-order valence-electron chi connectivity index (χ3n) is 2.68. The minimum Gasteiger partial charge on any atom is -0.480 e. The average molecular weight is 281 g/mol. The van der Waals surface area contributed by atoms with Gasteiger partial charge in [0.05, 0.1) is 12.2 Å². The van der Waals surface area contributed by atoms with E-state index in [1.165, 1.54) is 12.0 Å². The summed E-state index contributed by atoms with van der Waals surface area (Å²) < 4.78 is 4.82. The molecule has 1 aromatic rings. The van der Waals surface area contributed by atoms with Crippen molar-refractivity contribution in [2.75, 3.05) is 20.8 Å². The zero-order valence-electron chi connectivity index (χ0n) is 11.6. The zero-order valence-corrected chi connectivity index (χ0v) is 11.6. The summed E-state index contributed by atoms with van der Waals surface area (Å²) >= 11 is 0. The van der Waals surface area contributed by atoms with Gasteiger partial charge in [-0.25, -0.2) is 9.59 Å². The topological polar surface area (TPSA) is 91.8 Å². The average Bonchev–Trinajstić information content (AvgIpc) is 2.43. The number of methoxy groups -OCH3 is 1. The van der Waals surface area contributed by atoms with Gasteiger partial charge in [0.1, 0.15) is 6.04 Å². The smallest absolute Gasteiger partial charge is 0.326 e. The van der Waals surface area contributed by atoms with Crippen LogP contribution in [0.25, 0.3) is 0 Å². The number of carbonyl (C=O) groups excluding carboxylic acids is 1. The Morgan fingerprint density at radius 2 is 2.25 bits per heavy atom. The highest BCUT2D eigenvalue weighted by Crippen LogP contribution is 2.01. The molecule has 2 N–H and O–H groups in total. The number of pyridine rings is 1. The summed E-state index contributed by atoms with van der Waals surface area (Å²) in [6, 6.07) is 3.98. The largest absolute Gasteiger partial charge is 0.480 e. The Morgan fingerprint density at radius 1 is 1.50 bits per heavy atom. The van der Waals surface area contributed by atoms with Crippen LogP contribution in [-0.4, -0.2) is 53.8 Å². The fourth-order valence-electron chi connectivity index (χ4n) is 1.56. The second kappa shape index (κ2) is 8.11. The fraction of sp³-hybridized carbons (Fsp3) is 0.462. The van der Waals surface area contributed by atoms with Crippen LogP contribution in [0.5, 0.6) is 0 Å². The Balaban J connectivity index is 2.53. The highest BCUT2D eigenvalue weighted by Gasteiger charge is 2.21. The van der Waals surface area contributed by atoms with Gasteiger partial charge < -0.3 is 20.1 Å². The van der Waals surface area contributed by atoms with Crippen LogP contribution in [-0.2, 0) is 16.1 Å². The summed E-state index contributed by atoms with van der Waals surface area (Å²) in [5, 5.41) is 11.5. The summed E-state index contributed by atoms with van der Waals surface area (Å²) in [6.07, 6.45) is 1.86. The summed E-state index contributed by atoms with van der Waals surface area (Å²) in [5.74, 6) is -1.08. The van der Waals surface area contributed by atoms with Gasteiger partial charge in [-0.2, -0.15) is 0 Å². The predicted molar refractivity (Wildman–Crippen MR) is 72.2 cm³/mol. The quantitative estimate of drug-likeness (QED) is 0.768. The number of carboxylic acids is 1. The molecule has 0 aliphatic heterocycles. The maximum atomic E-state index is 11.9. The van der Waals surface area contributed by atoms with Crippen molar-refractivity contribution in [1.29, 1.82) is 0 Å². The number of hydrogen-bond acceptors (Lipinski definition) is 4. The molecule has 0 saturated carbocycles. The summed E-state index contributed by atoms with van der Waals surface area (Å²) in [6.45, 7) is 0.574. The van der Waals surface area contributed by atoms with E-state index in [2.05, 4.69) is 10.3 Å². The predicted octanol–water partition coefficient (Wildman–Crippen LogP) is 0.713. The molecule has 2 amide bonds. The van der Waals surface area contributed by atoms with E-state index in [1.807, 2.05) is 6.07 Å². The second-order valence-corrected chi connectivity index (χ2v) is 4.30. The number of amides is 2. The molecule has 0 spiro atoms. The number of carbonyl (C=O) groups is 2. The number of ether oxygens (including phenoxy) is 1. The van der Waals surface area contributed by atoms with Crippen LogP contribution in [0, 0.1) is 0 Å². The van der Waals surface area contributed by atoms with Gasteiger partial charge in [0.25, 0.3) is 0 Å². The van der Waals surface area contributed by atoms with E-state index in [1.54, 1.807) is 25.4 Å². The SMILES string of the molecule is COCCC(NC(=O)N(C)Cc1ccccn1)C(=O)O. The maximum Gasteiger partial charge on any atom is 0.326 e. The van der Waals surface area contributed by atoms with Gasteiger partial charge in [-0.3, -0.25) is 4.98 Å². The van der Waals surface area contributed by atoms with Crippen molar-refractivity contribution in [2.45, 2.75) is 19.0 Å². The molecular weight excluding hydrogens is 262 g/mol. The van der Waals surface area contributed by atoms with E-state index < -0.39 is 18.0 Å². The molecule has 1 unspecified atom stereocenters. The molecule has 0 radical (unpaired) electrons. The summed E-state index contributed by atoms with van der Waals surface area (Å²) in [4.78, 5) is 28.4. The van der Waals surface area contributed by atoms with Gasteiger partial charge in [-0.1, -0.05) is 6.07 Å². The van der Waals surface area contributed by atoms with Crippen molar-refractivity contribution in [1.82, 2.24) is 15.2 Å². The molecule has 0 fully saturated rings. The first-order valence-electron chi connectivity index (χ1n) is 6.18. The summed E-state index contributed by atoms with van der Waals surface area (Å²) in [5.41, 5.74) is 0.730. The third-order valence-corrected chi connectivity index (χ3v) is 2.68. The van der Waals surface area contributed by atoms with Gasteiger partial charge in [0.2, 0.25) is 0 Å². The molecule has 7 heteroatoms. The molecule has 110 valence electrons. The highest BCUT2D eigenvalue weighted by atomic mass is 16.5. The van der Waals surface area contributed by atoms with Crippen LogP contribution in [0.4, 0.5) is 4.79 Å². The lowest BCUT2D eigenvalue weighted by atomic mass is 10.2. The lowest BCUT2D eigenvalue weighted by Crippen LogP contribution is -2.46. The monoisotopic (exact) mass is 281 g/mol. The van der Waals surface area contributed by atoms with Crippen LogP contribution in [0.2, 0.25) is 0 Å². The minimum atomic E-state index is -1.08. The van der Waals surface area contributed by atoms with Crippen LogP contribution >= 0.6 is 0 Å². The van der Waals surface area contributed by atoms with E-state index in [9.17, 15) is 9.59 Å². The number of nitrogens with one attached hydrogen (secondary N) is 1. The van der Waals surface area contributed by atoms with Gasteiger partial charge >= 0.3 is 12.0 Å². The number of aliphatic carboxylic acids is 1. The number of hydrogen-bond donors (Lipinski definition) is 2. The normalized spacial score (nSPS) is 11.7. The highest BCUT2D eigenvalue weighted by molar-refractivity contribution is 5.82. The van der Waals surface area contributed by atoms with Gasteiger partial charge in [-0.15, -0.1) is 0 Å². The van der Waals surface area contributed by atoms with Crippen LogP contribution in [0.1, 0.15) is 12.1 Å². The molecular formula is C13H19N3O4. The lowest BCUT2D eigenvalue weighted by Gasteiger charge is -2.21. The molecule has 20 heavy (non-hydrogen) atoms. The van der Waals surface area contributed by atoms with Crippen LogP contribution in [0.15, 0.2) is 24.4 Å². The van der Waals surface area contributed by atoms with E-state index in [-0.39, 0.29) is 13.0 Å². The van der Waals surface area contributed by atoms with Crippen molar-refractivity contribution in [2.24, 2.45) is 0 Å². The number of rotatable bonds is 7. The van der Waals surface area contributed by atoms with Crippen LogP contribution < -0.4 is 5.32 Å². The molecule has 1 aromatic heterocycles. The van der Waals surface area contributed by atoms with Crippen molar-refractivity contribution < 1.29 is 19.4 Å². The van der Waals surface area contributed by atoms with Crippen molar-refractivity contribution in [3.05, 3.63) is 30.1 Å². The Bertz CT molecular complexity index is 439. The Kier molecular flexibility index (Phi) is 6.45. The van der Waals surface area contributed by atoms with Gasteiger partial charge in [0.15, 0.2) is 0 Å². The molecule has 0 aliphatic carbocycles. The first-order chi connectivity index (χ1) is 9.54. The molecule has 7 nitrogen and oxygen atoms in total. The molecule has 1 rings (SSSR count). The fourth-order valence-corrected chi connectivity index (χ4v) is 1.56. The summed E-state index contributed by atoms with van der Waals surface area (Å²) in [7, 11) is 3.06. The molecule has 0 bridgehead atoms. The third kappa shape index (κ3) is 5.23. The zero-order chi connectivity index (χ0) is 15.0. The first-order valence-corrected chi connectivity index (χ1v) is 6.18. The first kappa shape index (κ1) is 15.9. The minimum absolute atomic E-state index is 0.217. The number of urea groups is 1. The van der Waals surface area contributed by atoms with E-state index >= 15 is 0 Å². The maximum absolute atomic E-state index is 11.9. The standard InChI is InChI=1S/C13H19N3O4/c1-16(9-10-5-3-4-7-14-10)13(19)15-11(12(17)18)6-8-20-2/h3-5,7,11H,6,8-9H2,1-2H3,(H,15,19)(H,17,18). The number of carboxylic acid groups (broad SMARTS) is 1. The van der Waals surface area contributed by atoms with E-state index in [0.29, 0.717) is 6.54 Å². The Hall–Kier alpha value is -2.15. The Labute approximate surface area is 117 Å². The van der Waals surface area contributed by atoms with E-state index in [0.717, 1.165) is 5.69 Å². The van der Waals surface area contributed by atoms with Crippen molar-refractivity contribution in [3.8, 4) is 0 Å². The van der Waals surface area contributed by atoms with Crippen molar-refractivity contribution in [3.63, 3.8) is 0 Å². The number of nitrogens with zero attached hydrogens (tertiary/aromatic N) is 2. The second-order valence-electron chi connectivity index (χ2n) is 4.30. The molecule has 0 aliphatic rings. The van der Waals surface area contributed by atoms with Gasteiger partial charge in [-0.05, 0) is 12.1 Å². The molecule has 0 saturated heterocycles.